The average molecular weight is 250 g/mol. The topological polar surface area (TPSA) is 47.5 Å². The summed E-state index contributed by atoms with van der Waals surface area (Å²) in [4.78, 5) is 2.04. The van der Waals surface area contributed by atoms with Gasteiger partial charge in [-0.15, -0.1) is 0 Å². The van der Waals surface area contributed by atoms with Gasteiger partial charge in [0.2, 0.25) is 0 Å². The van der Waals surface area contributed by atoms with Crippen molar-refractivity contribution >= 4 is 29.1 Å². The van der Waals surface area contributed by atoms with Crippen LogP contribution in [0.1, 0.15) is 0 Å². The summed E-state index contributed by atoms with van der Waals surface area (Å²) in [5.74, 6) is 0.725. The number of rotatable bonds is 3. The minimum atomic E-state index is 0.0627. The van der Waals surface area contributed by atoms with Gasteiger partial charge in [-0.2, -0.15) is 8.75 Å². The number of halogens is 1. The van der Waals surface area contributed by atoms with Gasteiger partial charge in [-0.25, -0.2) is 0 Å². The molecule has 0 aromatic carbocycles. The summed E-state index contributed by atoms with van der Waals surface area (Å²) in [5.41, 5.74) is 0. The Kier molecular flexibility index (Phi) is 3.40. The SMILES string of the molecule is COC1CN(c2nsnc2Cl)CC1OC. The fourth-order valence-corrected chi connectivity index (χ4v) is 2.51. The molecule has 0 saturated carbocycles. The second-order valence-corrected chi connectivity index (χ2v) is 4.22. The van der Waals surface area contributed by atoms with Crippen molar-refractivity contribution in [3.8, 4) is 0 Å². The summed E-state index contributed by atoms with van der Waals surface area (Å²) in [5, 5.41) is 0.451. The van der Waals surface area contributed by atoms with Gasteiger partial charge in [0, 0.05) is 27.3 Å². The van der Waals surface area contributed by atoms with Crippen LogP contribution >= 0.6 is 23.3 Å². The van der Waals surface area contributed by atoms with Crippen LogP contribution in [0.5, 0.6) is 0 Å². The fraction of sp³-hybridized carbons (Fsp3) is 0.750. The highest BCUT2D eigenvalue weighted by Crippen LogP contribution is 2.27. The Labute approximate surface area is 97.3 Å². The molecule has 1 aliphatic rings. The molecule has 15 heavy (non-hydrogen) atoms. The Balaban J connectivity index is 2.11. The third-order valence-electron chi connectivity index (χ3n) is 2.55. The van der Waals surface area contributed by atoms with Crippen LogP contribution in [0.3, 0.4) is 0 Å². The van der Waals surface area contributed by atoms with E-state index in [0.717, 1.165) is 30.6 Å². The molecule has 2 heterocycles. The summed E-state index contributed by atoms with van der Waals surface area (Å²) >= 11 is 7.03. The first-order valence-corrected chi connectivity index (χ1v) is 5.65. The molecule has 0 radical (unpaired) electrons. The second-order valence-electron chi connectivity index (χ2n) is 3.33. The molecule has 7 heteroatoms. The average Bonchev–Trinajstić information content (AvgIpc) is 2.82. The van der Waals surface area contributed by atoms with Crippen LogP contribution in [-0.4, -0.2) is 48.3 Å². The molecule has 1 fully saturated rings. The number of anilines is 1. The quantitative estimate of drug-likeness (QED) is 0.801. The van der Waals surface area contributed by atoms with Crippen LogP contribution in [-0.2, 0) is 9.47 Å². The fourth-order valence-electron chi connectivity index (χ4n) is 1.73. The van der Waals surface area contributed by atoms with Crippen molar-refractivity contribution in [2.45, 2.75) is 12.2 Å². The predicted molar refractivity (Wildman–Crippen MR) is 58.7 cm³/mol. The predicted octanol–water partition coefficient (Wildman–Crippen LogP) is 1.04. The minimum absolute atomic E-state index is 0.0627. The molecule has 1 saturated heterocycles. The maximum absolute atomic E-state index is 5.92. The van der Waals surface area contributed by atoms with E-state index >= 15 is 0 Å². The Bertz CT molecular complexity index is 323. The summed E-state index contributed by atoms with van der Waals surface area (Å²) < 4.78 is 18.7. The van der Waals surface area contributed by atoms with E-state index in [1.807, 2.05) is 4.90 Å². The van der Waals surface area contributed by atoms with Crippen LogP contribution in [0.2, 0.25) is 5.15 Å². The Morgan fingerprint density at radius 3 is 2.27 bits per heavy atom. The van der Waals surface area contributed by atoms with E-state index in [2.05, 4.69) is 8.75 Å². The van der Waals surface area contributed by atoms with Crippen LogP contribution < -0.4 is 4.90 Å². The smallest absolute Gasteiger partial charge is 0.187 e. The van der Waals surface area contributed by atoms with Crippen molar-refractivity contribution in [3.63, 3.8) is 0 Å². The van der Waals surface area contributed by atoms with E-state index in [-0.39, 0.29) is 12.2 Å². The Hall–Kier alpha value is -0.430. The van der Waals surface area contributed by atoms with Gasteiger partial charge in [-0.1, -0.05) is 11.6 Å². The van der Waals surface area contributed by atoms with E-state index < -0.39 is 0 Å². The van der Waals surface area contributed by atoms with Gasteiger partial charge in [0.1, 0.15) is 12.2 Å². The molecule has 0 bridgehead atoms. The number of aromatic nitrogens is 2. The molecule has 5 nitrogen and oxygen atoms in total. The number of hydrogen-bond donors (Lipinski definition) is 0. The van der Waals surface area contributed by atoms with Crippen molar-refractivity contribution < 1.29 is 9.47 Å². The Morgan fingerprint density at radius 1 is 1.27 bits per heavy atom. The van der Waals surface area contributed by atoms with Crippen LogP contribution in [0, 0.1) is 0 Å². The van der Waals surface area contributed by atoms with Gasteiger partial charge in [0.05, 0.1) is 11.7 Å². The van der Waals surface area contributed by atoms with E-state index in [0.29, 0.717) is 5.15 Å². The number of ether oxygens (including phenoxy) is 2. The standard InChI is InChI=1S/C8H12ClN3O2S/c1-13-5-3-12(4-6(5)14-2)8-7(9)10-15-11-8/h5-6H,3-4H2,1-2H3. The van der Waals surface area contributed by atoms with Gasteiger partial charge >= 0.3 is 0 Å². The number of hydrogen-bond acceptors (Lipinski definition) is 6. The van der Waals surface area contributed by atoms with Gasteiger partial charge in [-0.05, 0) is 0 Å². The molecule has 0 N–H and O–H groups in total. The molecule has 0 amide bonds. The molecule has 0 spiro atoms. The zero-order valence-electron chi connectivity index (χ0n) is 8.51. The maximum Gasteiger partial charge on any atom is 0.187 e. The lowest BCUT2D eigenvalue weighted by Crippen LogP contribution is -2.27. The van der Waals surface area contributed by atoms with Gasteiger partial charge < -0.3 is 14.4 Å². The summed E-state index contributed by atoms with van der Waals surface area (Å²) in [6.45, 7) is 1.47. The lowest BCUT2D eigenvalue weighted by atomic mass is 10.3. The van der Waals surface area contributed by atoms with Gasteiger partial charge in [-0.3, -0.25) is 0 Å². The molecule has 0 aliphatic carbocycles. The second kappa shape index (κ2) is 4.61. The zero-order chi connectivity index (χ0) is 10.8. The highest BCUT2D eigenvalue weighted by molar-refractivity contribution is 6.99. The third-order valence-corrected chi connectivity index (χ3v) is 3.43. The van der Waals surface area contributed by atoms with Crippen LogP contribution in [0.25, 0.3) is 0 Å². The van der Waals surface area contributed by atoms with E-state index in [9.17, 15) is 0 Å². The first-order chi connectivity index (χ1) is 7.26. The van der Waals surface area contributed by atoms with Crippen molar-refractivity contribution in [2.75, 3.05) is 32.2 Å². The number of nitrogens with zero attached hydrogens (tertiary/aromatic N) is 3. The van der Waals surface area contributed by atoms with Crippen molar-refractivity contribution in [2.24, 2.45) is 0 Å². The molecule has 2 unspecified atom stereocenters. The van der Waals surface area contributed by atoms with Crippen LogP contribution in [0.4, 0.5) is 5.82 Å². The minimum Gasteiger partial charge on any atom is -0.377 e. The molecule has 84 valence electrons. The first-order valence-electron chi connectivity index (χ1n) is 4.55. The molecule has 2 atom stereocenters. The van der Waals surface area contributed by atoms with Crippen molar-refractivity contribution in [1.29, 1.82) is 0 Å². The molecule has 1 aromatic rings. The van der Waals surface area contributed by atoms with Crippen molar-refractivity contribution in [1.82, 2.24) is 8.75 Å². The van der Waals surface area contributed by atoms with Gasteiger partial charge in [0.15, 0.2) is 11.0 Å². The summed E-state index contributed by atoms with van der Waals surface area (Å²) in [6, 6.07) is 0. The van der Waals surface area contributed by atoms with E-state index in [4.69, 9.17) is 21.1 Å². The lowest BCUT2D eigenvalue weighted by Gasteiger charge is -2.13. The lowest BCUT2D eigenvalue weighted by molar-refractivity contribution is -0.00461. The largest absolute Gasteiger partial charge is 0.377 e. The molecule has 1 aliphatic heterocycles. The zero-order valence-corrected chi connectivity index (χ0v) is 10.1. The summed E-state index contributed by atoms with van der Waals surface area (Å²) in [7, 11) is 3.36. The monoisotopic (exact) mass is 249 g/mol. The first kappa shape index (κ1) is 11.1. The molecule has 2 rings (SSSR count). The third kappa shape index (κ3) is 2.08. The highest BCUT2D eigenvalue weighted by atomic mass is 35.5. The molecular formula is C8H12ClN3O2S. The van der Waals surface area contributed by atoms with E-state index in [1.54, 1.807) is 14.2 Å². The number of methoxy groups -OCH3 is 2. The maximum atomic E-state index is 5.92. The summed E-state index contributed by atoms with van der Waals surface area (Å²) in [6.07, 6.45) is 0.125. The normalized spacial score (nSPS) is 26.2. The Morgan fingerprint density at radius 2 is 1.87 bits per heavy atom. The van der Waals surface area contributed by atoms with Crippen LogP contribution in [0.15, 0.2) is 0 Å². The van der Waals surface area contributed by atoms with E-state index in [1.165, 1.54) is 0 Å². The molecular weight excluding hydrogens is 238 g/mol. The molecule has 1 aromatic heterocycles. The van der Waals surface area contributed by atoms with Gasteiger partial charge in [0.25, 0.3) is 0 Å². The van der Waals surface area contributed by atoms with Crippen molar-refractivity contribution in [3.05, 3.63) is 5.15 Å². The highest BCUT2D eigenvalue weighted by Gasteiger charge is 2.35.